The SMILES string of the molecule is Fc1c(F)c(F)c(-c2c3nc(c(-c4c(F)c(F)c(F)c(F)c4F)c4ccc([nH]4)c(-c4c(F)c(F)c(F)c(F)c4F)c4nc(c(-c5c(F)c(F)c(F)c(F)c5F)c5ccc2[nH]5)[C@H]2C5CCCN5[C@@H]42)C=C3)c(F)c1F. The minimum absolute atomic E-state index is 0.0339. The van der Waals surface area contributed by atoms with E-state index < -0.39 is 224 Å². The number of H-pyrrole nitrogens is 2. The molecule has 25 heteroatoms. The molecule has 11 rings (SSSR count). The summed E-state index contributed by atoms with van der Waals surface area (Å²) in [6, 6.07) is 0.436. The van der Waals surface area contributed by atoms with E-state index in [1.165, 1.54) is 4.90 Å². The van der Waals surface area contributed by atoms with Gasteiger partial charge in [-0.2, -0.15) is 0 Å². The highest BCUT2D eigenvalue weighted by molar-refractivity contribution is 5.98. The molecular formula is C48H17F20N5. The Morgan fingerprint density at radius 3 is 0.973 bits per heavy atom. The van der Waals surface area contributed by atoms with Crippen LogP contribution in [0.2, 0.25) is 0 Å². The third-order valence-electron chi connectivity index (χ3n) is 13.2. The second kappa shape index (κ2) is 16.4. The molecule has 4 aliphatic heterocycles. The summed E-state index contributed by atoms with van der Waals surface area (Å²) in [5.41, 5.74) is -19.1. The first-order valence-corrected chi connectivity index (χ1v) is 20.9. The van der Waals surface area contributed by atoms with Gasteiger partial charge in [-0.3, -0.25) is 9.88 Å². The van der Waals surface area contributed by atoms with Gasteiger partial charge >= 0.3 is 0 Å². The Balaban J connectivity index is 1.44. The highest BCUT2D eigenvalue weighted by atomic mass is 19.2. The molecule has 7 aromatic rings. The average molecular weight is 1040 g/mol. The van der Waals surface area contributed by atoms with Gasteiger partial charge in [0.15, 0.2) is 93.1 Å². The fourth-order valence-corrected chi connectivity index (χ4v) is 10.1. The molecule has 0 aliphatic carbocycles. The summed E-state index contributed by atoms with van der Waals surface area (Å²) in [5.74, 6) is -53.5. The fraction of sp³-hybridized carbons (Fsp3) is 0.125. The quantitative estimate of drug-likeness (QED) is 0.105. The highest BCUT2D eigenvalue weighted by Crippen LogP contribution is 2.61. The number of aromatic nitrogens is 4. The van der Waals surface area contributed by atoms with Crippen molar-refractivity contribution >= 4 is 34.2 Å². The Labute approximate surface area is 391 Å². The van der Waals surface area contributed by atoms with Gasteiger partial charge in [0.1, 0.15) is 0 Å². The number of halogens is 20. The molecule has 2 fully saturated rings. The zero-order chi connectivity index (χ0) is 52.3. The van der Waals surface area contributed by atoms with Gasteiger partial charge in [-0.05, 0) is 55.8 Å². The van der Waals surface area contributed by atoms with Crippen LogP contribution in [0.1, 0.15) is 47.6 Å². The maximum absolute atomic E-state index is 16.3. The minimum Gasteiger partial charge on any atom is -0.354 e. The first-order chi connectivity index (χ1) is 34.6. The van der Waals surface area contributed by atoms with Crippen molar-refractivity contribution in [2.45, 2.75) is 30.8 Å². The third-order valence-corrected chi connectivity index (χ3v) is 13.2. The number of hydrogen-bond acceptors (Lipinski definition) is 3. The van der Waals surface area contributed by atoms with E-state index in [0.29, 0.717) is 30.4 Å². The first kappa shape index (κ1) is 47.6. The molecule has 2 N–H and O–H groups in total. The van der Waals surface area contributed by atoms with Crippen molar-refractivity contribution in [2.75, 3.05) is 6.54 Å². The van der Waals surface area contributed by atoms with Crippen LogP contribution in [0.25, 0.3) is 78.7 Å². The van der Waals surface area contributed by atoms with Crippen molar-refractivity contribution in [3.05, 3.63) is 163 Å². The smallest absolute Gasteiger partial charge is 0.200 e. The molecule has 0 spiro atoms. The van der Waals surface area contributed by atoms with Crippen LogP contribution in [0.4, 0.5) is 87.8 Å². The standard InChI is InChI=1S/C48H17F20N5/c49-26-22(27(50)35(58)42(65)34(26)57)17-10-3-4-11(69-10)18(23-28(51)36(59)43(66)37(60)29(23)52)13-6-8-15(71-13)20(25-32(55)40(63)45(68)41(64)33(25)56)47-48-21(16-2-1-9-73(16)48)46(72-47)19(14-7-5-12(17)70-14)24-30(53)38(61)44(67)39(62)31(24)54/h3-8,16,21,48,70-71H,1-2,9H2/t16?,21-,48-/m1/s1. The molecule has 3 aromatic heterocycles. The minimum atomic E-state index is -2.70. The molecule has 1 unspecified atom stereocenters. The van der Waals surface area contributed by atoms with E-state index in [2.05, 4.69) is 19.9 Å². The molecule has 0 saturated carbocycles. The van der Waals surface area contributed by atoms with Gasteiger partial charge < -0.3 is 9.97 Å². The average Bonchev–Trinajstić information content (AvgIpc) is 4.24. The monoisotopic (exact) mass is 1040 g/mol. The summed E-state index contributed by atoms with van der Waals surface area (Å²) in [6.07, 6.45) is 1.64. The zero-order valence-corrected chi connectivity index (χ0v) is 35.2. The molecule has 7 heterocycles. The second-order valence-electron chi connectivity index (χ2n) is 16.9. The van der Waals surface area contributed by atoms with Crippen LogP contribution in [0.3, 0.4) is 0 Å². The molecule has 2 saturated heterocycles. The summed E-state index contributed by atoms with van der Waals surface area (Å²) in [4.78, 5) is 14.7. The van der Waals surface area contributed by atoms with Crippen LogP contribution in [0.15, 0.2) is 24.3 Å². The molecule has 4 aromatic carbocycles. The second-order valence-corrected chi connectivity index (χ2v) is 16.9. The summed E-state index contributed by atoms with van der Waals surface area (Å²) in [5, 5.41) is 0. The topological polar surface area (TPSA) is 60.6 Å². The van der Waals surface area contributed by atoms with Gasteiger partial charge in [-0.1, -0.05) is 0 Å². The number of aromatic amines is 2. The molecule has 5 nitrogen and oxygen atoms in total. The maximum Gasteiger partial charge on any atom is 0.200 e. The number of nitrogens with zero attached hydrogens (tertiary/aromatic N) is 3. The van der Waals surface area contributed by atoms with Crippen LogP contribution >= 0.6 is 0 Å². The van der Waals surface area contributed by atoms with Crippen molar-refractivity contribution < 1.29 is 87.8 Å². The van der Waals surface area contributed by atoms with Crippen molar-refractivity contribution in [1.82, 2.24) is 24.8 Å². The first-order valence-electron chi connectivity index (χ1n) is 20.9. The molecule has 73 heavy (non-hydrogen) atoms. The fourth-order valence-electron chi connectivity index (χ4n) is 10.1. The summed E-state index contributed by atoms with van der Waals surface area (Å²) in [6.45, 7) is 0.0339. The van der Waals surface area contributed by atoms with E-state index in [1.807, 2.05) is 0 Å². The number of rotatable bonds is 4. The van der Waals surface area contributed by atoms with Gasteiger partial charge in [0, 0.05) is 56.3 Å². The lowest BCUT2D eigenvalue weighted by atomic mass is 9.76. The molecule has 8 bridgehead atoms. The van der Waals surface area contributed by atoms with Gasteiger partial charge in [-0.25, -0.2) is 92.8 Å². The predicted molar refractivity (Wildman–Crippen MR) is 216 cm³/mol. The van der Waals surface area contributed by atoms with Gasteiger partial charge in [0.05, 0.1) is 51.1 Å². The van der Waals surface area contributed by atoms with Crippen molar-refractivity contribution in [1.29, 1.82) is 0 Å². The van der Waals surface area contributed by atoms with E-state index in [9.17, 15) is 17.6 Å². The Kier molecular flexibility index (Phi) is 10.7. The molecular weight excluding hydrogens is 1030 g/mol. The highest BCUT2D eigenvalue weighted by Gasteiger charge is 2.58. The van der Waals surface area contributed by atoms with Gasteiger partial charge in [0.2, 0.25) is 23.3 Å². The van der Waals surface area contributed by atoms with Crippen molar-refractivity contribution in [2.24, 2.45) is 0 Å². The van der Waals surface area contributed by atoms with Crippen molar-refractivity contribution in [3.8, 4) is 44.5 Å². The summed E-state index contributed by atoms with van der Waals surface area (Å²) in [7, 11) is 0. The normalized spacial score (nSPS) is 17.2. The van der Waals surface area contributed by atoms with Crippen LogP contribution in [0, 0.1) is 116 Å². The van der Waals surface area contributed by atoms with E-state index in [4.69, 9.17) is 0 Å². The Morgan fingerprint density at radius 2 is 0.630 bits per heavy atom. The van der Waals surface area contributed by atoms with Gasteiger partial charge in [0.25, 0.3) is 0 Å². The Hall–Kier alpha value is -7.70. The van der Waals surface area contributed by atoms with E-state index in [1.54, 1.807) is 0 Å². The Morgan fingerprint density at radius 1 is 0.342 bits per heavy atom. The Bertz CT molecular complexity index is 3540. The number of hydrogen-bond donors (Lipinski definition) is 2. The number of nitrogens with one attached hydrogen (secondary N) is 2. The lowest BCUT2D eigenvalue weighted by Gasteiger charge is -2.48. The largest absolute Gasteiger partial charge is 0.354 e. The lowest BCUT2D eigenvalue weighted by Crippen LogP contribution is -2.51. The van der Waals surface area contributed by atoms with Gasteiger partial charge in [-0.15, -0.1) is 0 Å². The van der Waals surface area contributed by atoms with Crippen LogP contribution in [0.5, 0.6) is 0 Å². The summed E-state index contributed by atoms with van der Waals surface area (Å²) >= 11 is 0. The zero-order valence-electron chi connectivity index (χ0n) is 35.2. The maximum atomic E-state index is 16.3. The summed E-state index contributed by atoms with van der Waals surface area (Å²) < 4.78 is 309. The molecule has 0 radical (unpaired) electrons. The lowest BCUT2D eigenvalue weighted by molar-refractivity contribution is 0.0278. The molecule has 4 aliphatic rings. The molecule has 3 atom stereocenters. The third kappa shape index (κ3) is 6.41. The van der Waals surface area contributed by atoms with E-state index in [-0.39, 0.29) is 19.4 Å². The molecule has 374 valence electrons. The van der Waals surface area contributed by atoms with Crippen LogP contribution < -0.4 is 0 Å². The molecule has 0 amide bonds. The van der Waals surface area contributed by atoms with Crippen LogP contribution in [-0.2, 0) is 0 Å². The van der Waals surface area contributed by atoms with E-state index >= 15 is 70.2 Å². The van der Waals surface area contributed by atoms with Crippen LogP contribution in [-0.4, -0.2) is 37.4 Å². The number of benzene rings is 4. The van der Waals surface area contributed by atoms with E-state index in [0.717, 1.165) is 6.07 Å². The predicted octanol–water partition coefficient (Wildman–Crippen LogP) is 14.2. The number of fused-ring (bicyclic) bond motifs is 14. The van der Waals surface area contributed by atoms with Crippen molar-refractivity contribution in [3.63, 3.8) is 0 Å².